The SMILES string of the molecule is CS(=O)(=O)CCN1CCN(Cc2csc(-c3ccccc3)n2)CC1. The van der Waals surface area contributed by atoms with Gasteiger partial charge in [0.15, 0.2) is 0 Å². The van der Waals surface area contributed by atoms with E-state index in [4.69, 9.17) is 4.98 Å². The largest absolute Gasteiger partial charge is 0.300 e. The van der Waals surface area contributed by atoms with Crippen LogP contribution in [-0.4, -0.2) is 67.9 Å². The Morgan fingerprint density at radius 3 is 2.42 bits per heavy atom. The molecule has 5 nitrogen and oxygen atoms in total. The molecule has 0 N–H and O–H groups in total. The molecule has 0 saturated carbocycles. The molecule has 24 heavy (non-hydrogen) atoms. The molecule has 2 heterocycles. The summed E-state index contributed by atoms with van der Waals surface area (Å²) in [7, 11) is -2.87. The van der Waals surface area contributed by atoms with Gasteiger partial charge in [0.05, 0.1) is 11.4 Å². The smallest absolute Gasteiger partial charge is 0.148 e. The van der Waals surface area contributed by atoms with Gasteiger partial charge in [-0.25, -0.2) is 13.4 Å². The summed E-state index contributed by atoms with van der Waals surface area (Å²) in [6.45, 7) is 5.27. The minimum Gasteiger partial charge on any atom is -0.300 e. The summed E-state index contributed by atoms with van der Waals surface area (Å²) in [5, 5.41) is 3.20. The first-order chi connectivity index (χ1) is 11.5. The van der Waals surface area contributed by atoms with Crippen LogP contribution < -0.4 is 0 Å². The van der Waals surface area contributed by atoms with Crippen LogP contribution in [0.1, 0.15) is 5.69 Å². The molecule has 0 unspecified atom stereocenters. The Bertz CT molecular complexity index is 751. The Labute approximate surface area is 147 Å². The zero-order valence-corrected chi connectivity index (χ0v) is 15.5. The lowest BCUT2D eigenvalue weighted by atomic mass is 10.2. The fraction of sp³-hybridized carbons (Fsp3) is 0.471. The predicted octanol–water partition coefficient (Wildman–Crippen LogP) is 1.97. The Morgan fingerprint density at radius 1 is 1.08 bits per heavy atom. The van der Waals surface area contributed by atoms with E-state index in [2.05, 4.69) is 27.3 Å². The number of piperazine rings is 1. The van der Waals surface area contributed by atoms with Gasteiger partial charge in [-0.05, 0) is 0 Å². The van der Waals surface area contributed by atoms with E-state index < -0.39 is 9.84 Å². The minimum absolute atomic E-state index is 0.250. The Morgan fingerprint density at radius 2 is 1.75 bits per heavy atom. The second kappa shape index (κ2) is 7.74. The number of sulfone groups is 1. The van der Waals surface area contributed by atoms with Crippen LogP contribution in [0.5, 0.6) is 0 Å². The molecule has 0 radical (unpaired) electrons. The average Bonchev–Trinajstić information content (AvgIpc) is 3.03. The van der Waals surface area contributed by atoms with E-state index in [0.29, 0.717) is 6.54 Å². The summed E-state index contributed by atoms with van der Waals surface area (Å²) in [5.74, 6) is 0.250. The van der Waals surface area contributed by atoms with Gasteiger partial charge in [-0.15, -0.1) is 11.3 Å². The first kappa shape index (κ1) is 17.5. The molecule has 3 rings (SSSR count). The molecule has 7 heteroatoms. The molecule has 1 saturated heterocycles. The summed E-state index contributed by atoms with van der Waals surface area (Å²) in [6.07, 6.45) is 1.30. The second-order valence-electron chi connectivity index (χ2n) is 6.26. The third-order valence-electron chi connectivity index (χ3n) is 4.20. The lowest BCUT2D eigenvalue weighted by molar-refractivity contribution is 0.131. The van der Waals surface area contributed by atoms with Crippen molar-refractivity contribution in [2.75, 3.05) is 44.7 Å². The molecule has 0 aliphatic carbocycles. The zero-order chi connectivity index (χ0) is 17.0. The van der Waals surface area contributed by atoms with Gasteiger partial charge < -0.3 is 0 Å². The van der Waals surface area contributed by atoms with Crippen LogP contribution in [0, 0.1) is 0 Å². The van der Waals surface area contributed by atoms with Gasteiger partial charge in [-0.2, -0.15) is 0 Å². The molecule has 1 aliphatic rings. The third-order valence-corrected chi connectivity index (χ3v) is 6.07. The highest BCUT2D eigenvalue weighted by atomic mass is 32.2. The summed E-state index contributed by atoms with van der Waals surface area (Å²) in [5.41, 5.74) is 2.28. The van der Waals surface area contributed by atoms with Gasteiger partial charge in [0.1, 0.15) is 14.8 Å². The minimum atomic E-state index is -2.87. The lowest BCUT2D eigenvalue weighted by Gasteiger charge is -2.34. The molecule has 0 atom stereocenters. The first-order valence-electron chi connectivity index (χ1n) is 8.12. The zero-order valence-electron chi connectivity index (χ0n) is 13.9. The highest BCUT2D eigenvalue weighted by Crippen LogP contribution is 2.24. The van der Waals surface area contributed by atoms with Gasteiger partial charge in [-0.1, -0.05) is 30.3 Å². The van der Waals surface area contributed by atoms with Crippen molar-refractivity contribution in [3.8, 4) is 10.6 Å². The highest BCUT2D eigenvalue weighted by molar-refractivity contribution is 7.90. The van der Waals surface area contributed by atoms with Crippen LogP contribution >= 0.6 is 11.3 Å². The predicted molar refractivity (Wildman–Crippen MR) is 99.0 cm³/mol. The Kier molecular flexibility index (Phi) is 5.65. The van der Waals surface area contributed by atoms with Gasteiger partial charge in [0.25, 0.3) is 0 Å². The maximum absolute atomic E-state index is 11.3. The van der Waals surface area contributed by atoms with E-state index in [1.54, 1.807) is 11.3 Å². The van der Waals surface area contributed by atoms with E-state index in [0.717, 1.165) is 43.4 Å². The van der Waals surface area contributed by atoms with Crippen molar-refractivity contribution in [2.45, 2.75) is 6.54 Å². The Hall–Kier alpha value is -1.28. The Balaban J connectivity index is 1.49. The number of aromatic nitrogens is 1. The van der Waals surface area contributed by atoms with Crippen LogP contribution in [0.15, 0.2) is 35.7 Å². The number of rotatable bonds is 6. The molecule has 0 bridgehead atoms. The van der Waals surface area contributed by atoms with Crippen LogP contribution in [-0.2, 0) is 16.4 Å². The third kappa shape index (κ3) is 5.11. The highest BCUT2D eigenvalue weighted by Gasteiger charge is 2.19. The number of nitrogens with zero attached hydrogens (tertiary/aromatic N) is 3. The average molecular weight is 366 g/mol. The quantitative estimate of drug-likeness (QED) is 0.783. The summed E-state index contributed by atoms with van der Waals surface area (Å²) in [4.78, 5) is 9.37. The molecule has 1 fully saturated rings. The molecule has 2 aromatic rings. The molecular formula is C17H23N3O2S2. The van der Waals surface area contributed by atoms with Crippen molar-refractivity contribution < 1.29 is 8.42 Å². The van der Waals surface area contributed by atoms with Crippen LogP contribution in [0.4, 0.5) is 0 Å². The van der Waals surface area contributed by atoms with Crippen LogP contribution in [0.3, 0.4) is 0 Å². The van der Waals surface area contributed by atoms with Crippen LogP contribution in [0.2, 0.25) is 0 Å². The molecule has 0 amide bonds. The number of thiazole rings is 1. The first-order valence-corrected chi connectivity index (χ1v) is 11.1. The van der Waals surface area contributed by atoms with Crippen molar-refractivity contribution in [3.05, 3.63) is 41.4 Å². The summed E-state index contributed by atoms with van der Waals surface area (Å²) in [6, 6.07) is 10.3. The second-order valence-corrected chi connectivity index (χ2v) is 9.38. The van der Waals surface area contributed by atoms with Crippen molar-refractivity contribution in [1.29, 1.82) is 0 Å². The normalized spacial score (nSPS) is 17.2. The van der Waals surface area contributed by atoms with E-state index in [1.807, 2.05) is 18.2 Å². The fourth-order valence-electron chi connectivity index (χ4n) is 2.79. The van der Waals surface area contributed by atoms with Crippen molar-refractivity contribution in [1.82, 2.24) is 14.8 Å². The molecule has 1 aliphatic heterocycles. The van der Waals surface area contributed by atoms with Crippen molar-refractivity contribution >= 4 is 21.2 Å². The number of benzene rings is 1. The molecular weight excluding hydrogens is 342 g/mol. The van der Waals surface area contributed by atoms with E-state index in [9.17, 15) is 8.42 Å². The molecule has 1 aromatic carbocycles. The van der Waals surface area contributed by atoms with Gasteiger partial charge in [-0.3, -0.25) is 9.80 Å². The number of hydrogen-bond donors (Lipinski definition) is 0. The van der Waals surface area contributed by atoms with Gasteiger partial charge >= 0.3 is 0 Å². The molecule has 0 spiro atoms. The van der Waals surface area contributed by atoms with Crippen LogP contribution in [0.25, 0.3) is 10.6 Å². The fourth-order valence-corrected chi connectivity index (χ4v) is 4.19. The van der Waals surface area contributed by atoms with E-state index >= 15 is 0 Å². The van der Waals surface area contributed by atoms with E-state index in [-0.39, 0.29) is 5.75 Å². The lowest BCUT2D eigenvalue weighted by Crippen LogP contribution is -2.47. The maximum atomic E-state index is 11.3. The van der Waals surface area contributed by atoms with Gasteiger partial charge in [0, 0.05) is 56.5 Å². The van der Waals surface area contributed by atoms with Crippen molar-refractivity contribution in [2.24, 2.45) is 0 Å². The maximum Gasteiger partial charge on any atom is 0.148 e. The standard InChI is InChI=1S/C17H23N3O2S2/c1-24(21,22)12-11-19-7-9-20(10-8-19)13-16-14-23-17(18-16)15-5-3-2-4-6-15/h2-6,14H,7-13H2,1H3. The number of hydrogen-bond acceptors (Lipinski definition) is 6. The molecule has 1 aromatic heterocycles. The van der Waals surface area contributed by atoms with E-state index in [1.165, 1.54) is 11.8 Å². The van der Waals surface area contributed by atoms with Crippen molar-refractivity contribution in [3.63, 3.8) is 0 Å². The topological polar surface area (TPSA) is 53.5 Å². The van der Waals surface area contributed by atoms with Gasteiger partial charge in [0.2, 0.25) is 0 Å². The molecule has 130 valence electrons. The monoisotopic (exact) mass is 365 g/mol. The summed E-state index contributed by atoms with van der Waals surface area (Å²) >= 11 is 1.69. The summed E-state index contributed by atoms with van der Waals surface area (Å²) < 4.78 is 22.5.